The highest BCUT2D eigenvalue weighted by Gasteiger charge is 2.36. The molecule has 0 saturated carbocycles. The van der Waals surface area contributed by atoms with Gasteiger partial charge in [0.2, 0.25) is 5.91 Å². The molecule has 0 spiro atoms. The van der Waals surface area contributed by atoms with Crippen LogP contribution >= 0.6 is 22.7 Å². The highest BCUT2D eigenvalue weighted by atomic mass is 32.2. The average Bonchev–Trinajstić information content (AvgIpc) is 3.54. The van der Waals surface area contributed by atoms with Gasteiger partial charge in [0, 0.05) is 25.5 Å². The van der Waals surface area contributed by atoms with E-state index in [4.69, 9.17) is 4.98 Å². The van der Waals surface area contributed by atoms with E-state index in [1.165, 1.54) is 27.0 Å². The third-order valence-corrected chi connectivity index (χ3v) is 10.7. The lowest BCUT2D eigenvalue weighted by Gasteiger charge is -2.33. The first kappa shape index (κ1) is 24.1. The van der Waals surface area contributed by atoms with Crippen molar-refractivity contribution < 1.29 is 13.2 Å². The van der Waals surface area contributed by atoms with Crippen molar-refractivity contribution in [2.75, 3.05) is 18.0 Å². The summed E-state index contributed by atoms with van der Waals surface area (Å²) in [6.45, 7) is 5.02. The number of piperidine rings is 1. The second-order valence-corrected chi connectivity index (χ2v) is 12.9. The molecule has 1 saturated heterocycles. The minimum atomic E-state index is -3.61. The third kappa shape index (κ3) is 4.88. The van der Waals surface area contributed by atoms with Crippen LogP contribution < -0.4 is 4.90 Å². The second kappa shape index (κ2) is 9.77. The van der Waals surface area contributed by atoms with Crippen molar-refractivity contribution in [3.05, 3.63) is 70.9 Å². The summed E-state index contributed by atoms with van der Waals surface area (Å²) in [5.74, 6) is -0.543. The van der Waals surface area contributed by atoms with Crippen LogP contribution in [0.4, 0.5) is 5.13 Å². The predicted molar refractivity (Wildman–Crippen MR) is 140 cm³/mol. The number of carbonyl (C=O) groups is 1. The zero-order chi connectivity index (χ0) is 24.6. The molecule has 4 aromatic rings. The van der Waals surface area contributed by atoms with Gasteiger partial charge >= 0.3 is 0 Å². The normalized spacial score (nSPS) is 17.0. The highest BCUT2D eigenvalue weighted by Crippen LogP contribution is 2.35. The maximum atomic E-state index is 13.9. The number of rotatable bonds is 6. The van der Waals surface area contributed by atoms with Crippen LogP contribution in [0.15, 0.2) is 58.4 Å². The van der Waals surface area contributed by atoms with Crippen LogP contribution in [0.5, 0.6) is 0 Å². The largest absolute Gasteiger partial charge is 0.283 e. The van der Waals surface area contributed by atoms with Crippen molar-refractivity contribution in [1.29, 1.82) is 0 Å². The van der Waals surface area contributed by atoms with E-state index in [-0.39, 0.29) is 12.5 Å². The molecule has 0 N–H and O–H groups in total. The number of aromatic nitrogens is 2. The molecule has 1 amide bonds. The molecule has 5 rings (SSSR count). The van der Waals surface area contributed by atoms with Gasteiger partial charge in [-0.15, -0.1) is 11.3 Å². The molecule has 1 fully saturated rings. The van der Waals surface area contributed by atoms with Gasteiger partial charge in [-0.2, -0.15) is 4.31 Å². The Labute approximate surface area is 213 Å². The van der Waals surface area contributed by atoms with E-state index in [2.05, 4.69) is 18.0 Å². The Morgan fingerprint density at radius 3 is 2.83 bits per heavy atom. The first-order chi connectivity index (χ1) is 16.8. The maximum absolute atomic E-state index is 13.9. The molecule has 1 aliphatic rings. The number of pyridine rings is 1. The summed E-state index contributed by atoms with van der Waals surface area (Å²) in [4.78, 5) is 24.7. The van der Waals surface area contributed by atoms with Gasteiger partial charge in [0.05, 0.1) is 22.7 Å². The summed E-state index contributed by atoms with van der Waals surface area (Å²) in [7, 11) is -3.61. The molecule has 1 atom stereocenters. The number of nitrogens with zero attached hydrogens (tertiary/aromatic N) is 4. The van der Waals surface area contributed by atoms with Crippen LogP contribution in [0.3, 0.4) is 0 Å². The number of hydrogen-bond donors (Lipinski definition) is 0. The van der Waals surface area contributed by atoms with Crippen LogP contribution in [0.1, 0.15) is 29.5 Å². The van der Waals surface area contributed by atoms with Crippen molar-refractivity contribution >= 4 is 54.0 Å². The van der Waals surface area contributed by atoms with E-state index in [0.29, 0.717) is 35.3 Å². The summed E-state index contributed by atoms with van der Waals surface area (Å²) < 4.78 is 29.1. The van der Waals surface area contributed by atoms with E-state index in [9.17, 15) is 13.2 Å². The minimum absolute atomic E-state index is 0.103. The SMILES string of the molecule is Cc1cc(C)c2sc(N(Cc3cccnc3)C(=O)C3CCCN(S(=O)(=O)c4cccs4)C3)nc2c1. The van der Waals surface area contributed by atoms with E-state index in [0.717, 1.165) is 26.9 Å². The van der Waals surface area contributed by atoms with E-state index in [1.54, 1.807) is 34.8 Å². The molecule has 1 aliphatic heterocycles. The number of sulfonamides is 1. The number of amides is 1. The predicted octanol–water partition coefficient (Wildman–Crippen LogP) is 5.00. The van der Waals surface area contributed by atoms with Gasteiger partial charge in [0.25, 0.3) is 10.0 Å². The molecule has 182 valence electrons. The van der Waals surface area contributed by atoms with Crippen LogP contribution in [0, 0.1) is 19.8 Å². The molecule has 0 aliphatic carbocycles. The molecular formula is C25H26N4O3S3. The molecule has 10 heteroatoms. The zero-order valence-corrected chi connectivity index (χ0v) is 22.0. The first-order valence-corrected chi connectivity index (χ1v) is 14.6. The summed E-state index contributed by atoms with van der Waals surface area (Å²) in [6, 6.07) is 11.3. The maximum Gasteiger partial charge on any atom is 0.252 e. The monoisotopic (exact) mass is 526 g/mol. The lowest BCUT2D eigenvalue weighted by atomic mass is 9.98. The molecule has 0 radical (unpaired) electrons. The number of fused-ring (bicyclic) bond motifs is 1. The Bertz CT molecular complexity index is 1450. The van der Waals surface area contributed by atoms with Crippen molar-refractivity contribution in [3.63, 3.8) is 0 Å². The Kier molecular flexibility index (Phi) is 6.71. The summed E-state index contributed by atoms with van der Waals surface area (Å²) >= 11 is 2.70. The molecule has 35 heavy (non-hydrogen) atoms. The first-order valence-electron chi connectivity index (χ1n) is 11.4. The van der Waals surface area contributed by atoms with Crippen LogP contribution in [-0.2, 0) is 21.4 Å². The quantitative estimate of drug-likeness (QED) is 0.353. The molecule has 1 unspecified atom stereocenters. The van der Waals surface area contributed by atoms with Gasteiger partial charge in [-0.25, -0.2) is 13.4 Å². The summed E-state index contributed by atoms with van der Waals surface area (Å²) in [6.07, 6.45) is 4.73. The van der Waals surface area contributed by atoms with Crippen LogP contribution in [0.25, 0.3) is 10.2 Å². The molecule has 1 aromatic carbocycles. The number of thiophene rings is 1. The van der Waals surface area contributed by atoms with Crippen molar-refractivity contribution in [1.82, 2.24) is 14.3 Å². The number of carbonyl (C=O) groups excluding carboxylic acids is 1. The molecule has 7 nitrogen and oxygen atoms in total. The summed E-state index contributed by atoms with van der Waals surface area (Å²) in [5.41, 5.74) is 4.02. The zero-order valence-electron chi connectivity index (χ0n) is 19.5. The van der Waals surface area contributed by atoms with Gasteiger partial charge < -0.3 is 0 Å². The molecule has 3 aromatic heterocycles. The Balaban J connectivity index is 1.48. The van der Waals surface area contributed by atoms with Crippen molar-refractivity contribution in [2.24, 2.45) is 5.92 Å². The van der Waals surface area contributed by atoms with Crippen LogP contribution in [0.2, 0.25) is 0 Å². The van der Waals surface area contributed by atoms with Gasteiger partial charge in [0.15, 0.2) is 5.13 Å². The van der Waals surface area contributed by atoms with E-state index in [1.807, 2.05) is 25.1 Å². The van der Waals surface area contributed by atoms with Gasteiger partial charge in [-0.1, -0.05) is 29.5 Å². The van der Waals surface area contributed by atoms with E-state index < -0.39 is 15.9 Å². The van der Waals surface area contributed by atoms with Crippen molar-refractivity contribution in [2.45, 2.75) is 37.4 Å². The average molecular weight is 527 g/mol. The fourth-order valence-electron chi connectivity index (χ4n) is 4.51. The molecule has 4 heterocycles. The highest BCUT2D eigenvalue weighted by molar-refractivity contribution is 7.91. The van der Waals surface area contributed by atoms with E-state index >= 15 is 0 Å². The smallest absolute Gasteiger partial charge is 0.252 e. The lowest BCUT2D eigenvalue weighted by molar-refractivity contribution is -0.123. The van der Waals surface area contributed by atoms with Gasteiger partial charge in [-0.3, -0.25) is 14.7 Å². The molecular weight excluding hydrogens is 501 g/mol. The lowest BCUT2D eigenvalue weighted by Crippen LogP contribution is -2.46. The standard InChI is InChI=1S/C25H26N4O3S3/c1-17-12-18(2)23-21(13-17)27-25(34-23)29(15-19-6-3-9-26-14-19)24(30)20-7-4-10-28(16-20)35(31,32)22-8-5-11-33-22/h3,5-6,8-9,11-14,20H,4,7,10,15-16H2,1-2H3. The number of benzene rings is 1. The fraction of sp³-hybridized carbons (Fsp3) is 0.320. The Hall–Kier alpha value is -2.66. The van der Waals surface area contributed by atoms with Gasteiger partial charge in [-0.05, 0) is 67.0 Å². The van der Waals surface area contributed by atoms with Crippen molar-refractivity contribution in [3.8, 4) is 0 Å². The fourth-order valence-corrected chi connectivity index (χ4v) is 8.20. The van der Waals surface area contributed by atoms with Crippen LogP contribution in [-0.4, -0.2) is 41.7 Å². The molecule has 0 bridgehead atoms. The minimum Gasteiger partial charge on any atom is -0.283 e. The topological polar surface area (TPSA) is 83.5 Å². The number of aryl methyl sites for hydroxylation is 2. The number of hydrogen-bond acceptors (Lipinski definition) is 7. The Morgan fingerprint density at radius 2 is 2.09 bits per heavy atom. The number of anilines is 1. The second-order valence-electron chi connectivity index (χ2n) is 8.85. The van der Waals surface area contributed by atoms with Gasteiger partial charge in [0.1, 0.15) is 4.21 Å². The third-order valence-electron chi connectivity index (χ3n) is 6.19. The number of thiazole rings is 1. The Morgan fingerprint density at radius 1 is 1.23 bits per heavy atom. The summed E-state index contributed by atoms with van der Waals surface area (Å²) in [5, 5.41) is 2.38.